The number of urea groups is 1. The number of pyridine rings is 1. The van der Waals surface area contributed by atoms with E-state index < -0.39 is 17.5 Å². The molecule has 3 amide bonds. The molecule has 2 aromatic heterocycles. The van der Waals surface area contributed by atoms with Crippen LogP contribution in [0.4, 0.5) is 10.5 Å². The summed E-state index contributed by atoms with van der Waals surface area (Å²) in [5, 5.41) is 17.0. The molecule has 0 bridgehead atoms. The van der Waals surface area contributed by atoms with E-state index in [0.29, 0.717) is 29.9 Å². The number of imide groups is 1. The molecule has 10 heteroatoms. The van der Waals surface area contributed by atoms with Crippen LogP contribution >= 0.6 is 0 Å². The number of aromatic hydroxyl groups is 1. The second kappa shape index (κ2) is 8.61. The zero-order valence-electron chi connectivity index (χ0n) is 18.5. The fraction of sp³-hybridized carbons (Fsp3) is 0.292. The predicted molar refractivity (Wildman–Crippen MR) is 124 cm³/mol. The van der Waals surface area contributed by atoms with E-state index in [1.165, 1.54) is 4.57 Å². The molecule has 2 saturated heterocycles. The van der Waals surface area contributed by atoms with Crippen LogP contribution in [-0.2, 0) is 16.1 Å². The Hall–Kier alpha value is -4.23. The molecule has 3 N–H and O–H groups in total. The van der Waals surface area contributed by atoms with Crippen molar-refractivity contribution in [3.63, 3.8) is 0 Å². The molecule has 3 aromatic rings. The van der Waals surface area contributed by atoms with Crippen LogP contribution < -0.4 is 20.3 Å². The maximum atomic E-state index is 12.8. The Balaban J connectivity index is 1.49. The first-order valence-electron chi connectivity index (χ1n) is 10.8. The van der Waals surface area contributed by atoms with Crippen molar-refractivity contribution in [2.75, 3.05) is 38.3 Å². The highest BCUT2D eigenvalue weighted by atomic mass is 16.5. The Morgan fingerprint density at radius 1 is 1.24 bits per heavy atom. The van der Waals surface area contributed by atoms with E-state index in [1.807, 2.05) is 6.07 Å². The molecule has 1 atom stereocenters. The number of morpholine rings is 1. The number of nitrogens with zero attached hydrogens (tertiary/aromatic N) is 3. The zero-order chi connectivity index (χ0) is 23.7. The van der Waals surface area contributed by atoms with E-state index in [-0.39, 0.29) is 12.4 Å². The van der Waals surface area contributed by atoms with Gasteiger partial charge in [-0.2, -0.15) is 0 Å². The summed E-state index contributed by atoms with van der Waals surface area (Å²) in [7, 11) is 1.54. The van der Waals surface area contributed by atoms with Gasteiger partial charge in [-0.25, -0.2) is 4.79 Å². The van der Waals surface area contributed by atoms with E-state index >= 15 is 0 Å². The molecule has 2 fully saturated rings. The number of aromatic nitrogens is 2. The lowest BCUT2D eigenvalue weighted by Crippen LogP contribution is -2.49. The lowest BCUT2D eigenvalue weighted by molar-refractivity contribution is -0.122. The van der Waals surface area contributed by atoms with Crippen LogP contribution in [0.2, 0.25) is 0 Å². The van der Waals surface area contributed by atoms with Crippen LogP contribution in [0.3, 0.4) is 0 Å². The minimum absolute atomic E-state index is 0.0556. The second-order valence-corrected chi connectivity index (χ2v) is 8.13. The van der Waals surface area contributed by atoms with Crippen LogP contribution in [0.5, 0.6) is 11.6 Å². The quantitative estimate of drug-likeness (QED) is 0.395. The van der Waals surface area contributed by atoms with Gasteiger partial charge in [0.25, 0.3) is 5.91 Å². The SMILES string of the molecule is COc1ccc2cn(C[C@@]3(C#Cc4cncc(N5CCOCC5)c4)NC(=O)NC3=O)c(O)c2c1. The molecule has 4 heterocycles. The number of anilines is 1. The summed E-state index contributed by atoms with van der Waals surface area (Å²) in [4.78, 5) is 31.3. The number of rotatable bonds is 4. The molecular formula is C24H23N5O5. The van der Waals surface area contributed by atoms with Gasteiger partial charge < -0.3 is 29.4 Å². The third-order valence-electron chi connectivity index (χ3n) is 5.94. The fourth-order valence-corrected chi connectivity index (χ4v) is 4.13. The Morgan fingerprint density at radius 3 is 2.79 bits per heavy atom. The molecule has 2 aliphatic heterocycles. The van der Waals surface area contributed by atoms with Gasteiger partial charge >= 0.3 is 6.03 Å². The van der Waals surface area contributed by atoms with Gasteiger partial charge in [0.1, 0.15) is 5.75 Å². The van der Waals surface area contributed by atoms with Crippen LogP contribution in [-0.4, -0.2) is 65.5 Å². The van der Waals surface area contributed by atoms with Crippen molar-refractivity contribution in [3.05, 3.63) is 48.4 Å². The van der Waals surface area contributed by atoms with Crippen LogP contribution in [0.1, 0.15) is 5.56 Å². The van der Waals surface area contributed by atoms with Crippen molar-refractivity contribution in [1.29, 1.82) is 0 Å². The third kappa shape index (κ3) is 3.97. The van der Waals surface area contributed by atoms with E-state index in [4.69, 9.17) is 9.47 Å². The first kappa shape index (κ1) is 21.6. The van der Waals surface area contributed by atoms with Gasteiger partial charge in [-0.3, -0.25) is 15.1 Å². The number of carbonyl (C=O) groups excluding carboxylic acids is 2. The highest BCUT2D eigenvalue weighted by Crippen LogP contribution is 2.32. The van der Waals surface area contributed by atoms with E-state index in [0.717, 1.165) is 24.2 Å². The standard InChI is InChI=1S/C24H23N5O5/c1-33-19-3-2-17-14-29(21(30)20(17)11-19)15-24(22(31)26-23(32)27-24)5-4-16-10-18(13-25-12-16)28-6-8-34-9-7-28/h2-3,10-14,30H,6-9,15H2,1H3,(H2,26,27,31,32)/t24-/m1/s1. The number of fused-ring (bicyclic) bond motifs is 1. The highest BCUT2D eigenvalue weighted by molar-refractivity contribution is 6.09. The van der Waals surface area contributed by atoms with E-state index in [1.54, 1.807) is 43.9 Å². The monoisotopic (exact) mass is 461 g/mol. The largest absolute Gasteiger partial charge is 0.497 e. The molecule has 0 radical (unpaired) electrons. The van der Waals surface area contributed by atoms with Gasteiger partial charge in [-0.1, -0.05) is 11.8 Å². The topological polar surface area (TPSA) is 118 Å². The number of hydrogen-bond acceptors (Lipinski definition) is 7. The van der Waals surface area contributed by atoms with Gasteiger partial charge in [0, 0.05) is 41.8 Å². The van der Waals surface area contributed by atoms with Gasteiger partial charge in [0.15, 0.2) is 5.88 Å². The average molecular weight is 461 g/mol. The Bertz CT molecular complexity index is 1330. The maximum Gasteiger partial charge on any atom is 0.323 e. The first-order valence-corrected chi connectivity index (χ1v) is 10.8. The number of ether oxygens (including phenoxy) is 2. The molecule has 0 spiro atoms. The number of hydrogen-bond donors (Lipinski definition) is 3. The summed E-state index contributed by atoms with van der Waals surface area (Å²) in [6.07, 6.45) is 5.06. The average Bonchev–Trinajstić information content (AvgIpc) is 3.32. The van der Waals surface area contributed by atoms with Gasteiger partial charge in [0.2, 0.25) is 5.54 Å². The van der Waals surface area contributed by atoms with Gasteiger partial charge in [-0.05, 0) is 24.3 Å². The molecule has 0 aliphatic carbocycles. The maximum absolute atomic E-state index is 12.8. The van der Waals surface area contributed by atoms with Crippen molar-refractivity contribution in [1.82, 2.24) is 20.2 Å². The molecule has 0 saturated carbocycles. The third-order valence-corrected chi connectivity index (χ3v) is 5.94. The first-order chi connectivity index (χ1) is 16.5. The molecule has 5 rings (SSSR count). The molecule has 0 unspecified atom stereocenters. The summed E-state index contributed by atoms with van der Waals surface area (Å²) in [6.45, 7) is 2.72. The Kier molecular flexibility index (Phi) is 5.47. The molecular weight excluding hydrogens is 438 g/mol. The number of nitrogens with one attached hydrogen (secondary N) is 2. The summed E-state index contributed by atoms with van der Waals surface area (Å²) in [6, 6.07) is 6.54. The minimum Gasteiger partial charge on any atom is -0.497 e. The van der Waals surface area contributed by atoms with Gasteiger partial charge in [-0.15, -0.1) is 0 Å². The van der Waals surface area contributed by atoms with Crippen molar-refractivity contribution in [2.24, 2.45) is 0 Å². The highest BCUT2D eigenvalue weighted by Gasteiger charge is 2.46. The molecule has 10 nitrogen and oxygen atoms in total. The van der Waals surface area contributed by atoms with E-state index in [9.17, 15) is 14.7 Å². The molecule has 1 aromatic carbocycles. The smallest absolute Gasteiger partial charge is 0.323 e. The van der Waals surface area contributed by atoms with Crippen molar-refractivity contribution < 1.29 is 24.2 Å². The van der Waals surface area contributed by atoms with Crippen LogP contribution in [0.25, 0.3) is 10.8 Å². The molecule has 2 aliphatic rings. The van der Waals surface area contributed by atoms with Gasteiger partial charge in [0.05, 0.1) is 38.8 Å². The van der Waals surface area contributed by atoms with Crippen molar-refractivity contribution in [2.45, 2.75) is 12.1 Å². The number of methoxy groups -OCH3 is 1. The van der Waals surface area contributed by atoms with E-state index in [2.05, 4.69) is 32.4 Å². The zero-order valence-corrected chi connectivity index (χ0v) is 18.5. The predicted octanol–water partition coefficient (Wildman–Crippen LogP) is 1.22. The minimum atomic E-state index is -1.57. The van der Waals surface area contributed by atoms with Crippen LogP contribution in [0.15, 0.2) is 42.9 Å². The number of carbonyl (C=O) groups is 2. The molecule has 174 valence electrons. The van der Waals surface area contributed by atoms with Crippen molar-refractivity contribution >= 4 is 28.4 Å². The second-order valence-electron chi connectivity index (χ2n) is 8.13. The fourth-order valence-electron chi connectivity index (χ4n) is 4.13. The van der Waals surface area contributed by atoms with Crippen LogP contribution in [0, 0.1) is 11.8 Å². The molecule has 34 heavy (non-hydrogen) atoms. The number of amides is 3. The Labute approximate surface area is 195 Å². The summed E-state index contributed by atoms with van der Waals surface area (Å²) < 4.78 is 12.1. The lowest BCUT2D eigenvalue weighted by Gasteiger charge is -2.28. The summed E-state index contributed by atoms with van der Waals surface area (Å²) >= 11 is 0. The lowest BCUT2D eigenvalue weighted by atomic mass is 10.00. The Morgan fingerprint density at radius 2 is 2.06 bits per heavy atom. The number of benzene rings is 1. The normalized spacial score (nSPS) is 20.0. The summed E-state index contributed by atoms with van der Waals surface area (Å²) in [5.41, 5.74) is -0.0564. The summed E-state index contributed by atoms with van der Waals surface area (Å²) in [5.74, 6) is 5.87. The van der Waals surface area contributed by atoms with Crippen molar-refractivity contribution in [3.8, 4) is 23.5 Å².